The summed E-state index contributed by atoms with van der Waals surface area (Å²) >= 11 is 0. The predicted molar refractivity (Wildman–Crippen MR) is 516 cm³/mol. The summed E-state index contributed by atoms with van der Waals surface area (Å²) in [5.41, 5.74) is 30.3. The van der Waals surface area contributed by atoms with Crippen molar-refractivity contribution in [2.45, 2.75) is 0 Å². The maximum atomic E-state index is 5.43. The second kappa shape index (κ2) is 29.6. The van der Waals surface area contributed by atoms with Crippen LogP contribution in [0.4, 0.5) is 34.1 Å². The van der Waals surface area contributed by atoms with Gasteiger partial charge in [0.15, 0.2) is 0 Å². The first kappa shape index (κ1) is 71.3. The third-order valence-electron chi connectivity index (χ3n) is 24.6. The Bertz CT molecular complexity index is 8350. The van der Waals surface area contributed by atoms with Gasteiger partial charge in [-0.3, -0.25) is 17.9 Å². The van der Waals surface area contributed by atoms with Gasteiger partial charge in [-0.1, -0.05) is 291 Å². The number of hydrogen-bond donors (Lipinski definition) is 0. The fourth-order valence-electron chi connectivity index (χ4n) is 18.7. The molecule has 0 fully saturated rings. The van der Waals surface area contributed by atoms with Crippen molar-refractivity contribution >= 4 is 154 Å². The van der Waals surface area contributed by atoms with E-state index >= 15 is 0 Å². The van der Waals surface area contributed by atoms with Gasteiger partial charge in [-0.25, -0.2) is 19.9 Å². The molecule has 0 amide bonds. The van der Waals surface area contributed by atoms with E-state index in [9.17, 15) is 0 Å². The summed E-state index contributed by atoms with van der Waals surface area (Å²) in [4.78, 5) is 25.8. The van der Waals surface area contributed by atoms with Gasteiger partial charge in [-0.2, -0.15) is 0 Å². The van der Waals surface area contributed by atoms with Gasteiger partial charge in [-0.05, 0) is 235 Å². The Balaban J connectivity index is 0.000000140. The van der Waals surface area contributed by atoms with Crippen LogP contribution in [-0.2, 0) is 0 Å². The molecule has 0 saturated carbocycles. The van der Waals surface area contributed by atoms with E-state index in [-0.39, 0.29) is 0 Å². The highest BCUT2D eigenvalue weighted by molar-refractivity contribution is 6.23. The van der Waals surface area contributed by atoms with Crippen LogP contribution in [0.5, 0.6) is 0 Å². The predicted octanol–water partition coefficient (Wildman–Crippen LogP) is 29.8. The van der Waals surface area contributed by atoms with Gasteiger partial charge < -0.3 is 9.80 Å². The lowest BCUT2D eigenvalue weighted by Crippen LogP contribution is -2.09. The van der Waals surface area contributed by atoms with Gasteiger partial charge in [0.1, 0.15) is 11.3 Å². The summed E-state index contributed by atoms with van der Waals surface area (Å²) < 4.78 is 9.13. The SMILES string of the molecule is c1ccc(-c2ccc(N(c3ccc(-c4ccccc4)cc3)c3ccc(-c4ccc5c(c4)c4c6ccccc6ccc4n5-c4nc5ccccc5c5nc6ccccc6n45)cc3)cc2)cc1.c1ccc(-c2ccc(N(c3ccccc3)c3ccc(-c4ccc5c(c4)c4c6ccccc6ccc4n5-c4nc5ccccc5c5nc6ccccc6n45)cc3)cc2)cc1. The van der Waals surface area contributed by atoms with E-state index in [4.69, 9.17) is 19.9 Å². The molecule has 0 radical (unpaired) electrons. The first-order valence-corrected chi connectivity index (χ1v) is 42.1. The Morgan fingerprint density at radius 3 is 0.798 bits per heavy atom. The number of benzene rings is 19. The average molecular weight is 1580 g/mol. The van der Waals surface area contributed by atoms with Crippen LogP contribution in [-0.4, -0.2) is 37.9 Å². The van der Waals surface area contributed by atoms with E-state index in [0.717, 1.165) is 146 Å². The Labute approximate surface area is 713 Å². The highest BCUT2D eigenvalue weighted by Gasteiger charge is 2.26. The van der Waals surface area contributed by atoms with Crippen molar-refractivity contribution in [3.8, 4) is 67.5 Å². The summed E-state index contributed by atoms with van der Waals surface area (Å²) in [5, 5.41) is 11.6. The zero-order chi connectivity index (χ0) is 81.7. The number of nitrogens with zero attached hydrogens (tertiary/aromatic N) is 10. The molecule has 0 saturated heterocycles. The zero-order valence-electron chi connectivity index (χ0n) is 67.2. The molecule has 0 aliphatic heterocycles. The van der Waals surface area contributed by atoms with Gasteiger partial charge in [0.25, 0.3) is 0 Å². The maximum absolute atomic E-state index is 5.43. The summed E-state index contributed by atoms with van der Waals surface area (Å²) in [6.07, 6.45) is 0. The van der Waals surface area contributed by atoms with Crippen LogP contribution in [0, 0.1) is 0 Å². The van der Waals surface area contributed by atoms with Crippen LogP contribution in [0.3, 0.4) is 0 Å². The quantitative estimate of drug-likeness (QED) is 0.114. The first-order chi connectivity index (χ1) is 61.5. The van der Waals surface area contributed by atoms with Crippen LogP contribution < -0.4 is 9.80 Å². The van der Waals surface area contributed by atoms with E-state index in [2.05, 4.69) is 471 Å². The number of aromatic nitrogens is 8. The molecule has 124 heavy (non-hydrogen) atoms. The number of hydrogen-bond acceptors (Lipinski definition) is 6. The Kier molecular flexibility index (Phi) is 17.0. The zero-order valence-corrected chi connectivity index (χ0v) is 67.2. The lowest BCUT2D eigenvalue weighted by atomic mass is 9.99. The smallest absolute Gasteiger partial charge is 0.221 e. The molecule has 6 aromatic heterocycles. The standard InChI is InChI=1S/C60H39N5.C54H35N5/c1-3-13-40(14-4-1)42-23-31-47(32-24-42)63(48-33-25-43(26-34-48)41-15-5-2-6-16-41)49-35-27-44(28-36-49)46-30-37-55-52(39-46)58-50-18-8-7-17-45(50)29-38-57(58)64(55)60-62-53-20-10-9-19-51(53)59-61-54-21-11-12-22-56(54)65(59)60;1-3-13-36(14-4-1)37-23-29-42(30-24-37)57(41-16-5-2-6-17-41)43-31-25-38(26-32-43)40-28-33-49-46(35-40)52-44-18-8-7-15-39(44)27-34-51(52)58(49)54-56-47-20-10-9-19-45(47)53-55-48-21-11-12-22-50(48)59(53)54/h1-39H;1-35H. The van der Waals surface area contributed by atoms with Crippen LogP contribution in [0.1, 0.15) is 0 Å². The van der Waals surface area contributed by atoms with Gasteiger partial charge >= 0.3 is 0 Å². The minimum absolute atomic E-state index is 0.813. The van der Waals surface area contributed by atoms with E-state index < -0.39 is 0 Å². The first-order valence-electron chi connectivity index (χ1n) is 42.1. The third-order valence-corrected chi connectivity index (χ3v) is 24.6. The van der Waals surface area contributed by atoms with Crippen molar-refractivity contribution in [3.63, 3.8) is 0 Å². The normalized spacial score (nSPS) is 11.7. The van der Waals surface area contributed by atoms with E-state index in [1.165, 1.54) is 76.5 Å². The van der Waals surface area contributed by atoms with Crippen LogP contribution >= 0.6 is 0 Å². The molecular formula is C114H74N10. The molecular weight excluding hydrogens is 1510 g/mol. The molecule has 0 unspecified atom stereocenters. The molecule has 0 N–H and O–H groups in total. The van der Waals surface area contributed by atoms with Crippen molar-refractivity contribution in [2.75, 3.05) is 9.80 Å². The van der Waals surface area contributed by atoms with Crippen molar-refractivity contribution in [3.05, 3.63) is 449 Å². The summed E-state index contributed by atoms with van der Waals surface area (Å²) in [6, 6.07) is 160. The topological polar surface area (TPSA) is 76.7 Å². The minimum atomic E-state index is 0.813. The number of imidazole rings is 2. The van der Waals surface area contributed by atoms with E-state index in [0.29, 0.717) is 0 Å². The fourth-order valence-corrected chi connectivity index (χ4v) is 18.7. The molecule has 19 aromatic carbocycles. The van der Waals surface area contributed by atoms with Crippen molar-refractivity contribution in [1.82, 2.24) is 37.9 Å². The van der Waals surface area contributed by atoms with Crippen molar-refractivity contribution in [2.24, 2.45) is 0 Å². The van der Waals surface area contributed by atoms with E-state index in [1.807, 2.05) is 6.07 Å². The molecule has 580 valence electrons. The number of para-hydroxylation sites is 7. The third kappa shape index (κ3) is 12.1. The van der Waals surface area contributed by atoms with E-state index in [1.54, 1.807) is 0 Å². The molecule has 10 nitrogen and oxygen atoms in total. The summed E-state index contributed by atoms with van der Waals surface area (Å²) in [7, 11) is 0. The molecule has 0 bridgehead atoms. The monoisotopic (exact) mass is 1580 g/mol. The van der Waals surface area contributed by atoms with Crippen LogP contribution in [0.2, 0.25) is 0 Å². The fraction of sp³-hybridized carbons (Fsp3) is 0. The van der Waals surface area contributed by atoms with Crippen molar-refractivity contribution < 1.29 is 0 Å². The molecule has 0 aliphatic rings. The molecule has 0 aliphatic carbocycles. The summed E-state index contributed by atoms with van der Waals surface area (Å²) in [5.74, 6) is 1.63. The Morgan fingerprint density at radius 1 is 0.169 bits per heavy atom. The minimum Gasteiger partial charge on any atom is -0.311 e. The van der Waals surface area contributed by atoms with Gasteiger partial charge in [0, 0.05) is 66.4 Å². The Hall–Kier alpha value is -16.8. The Morgan fingerprint density at radius 2 is 0.435 bits per heavy atom. The van der Waals surface area contributed by atoms with Crippen molar-refractivity contribution in [1.29, 1.82) is 0 Å². The highest BCUT2D eigenvalue weighted by Crippen LogP contribution is 2.46. The van der Waals surface area contributed by atoms with Gasteiger partial charge in [0.05, 0.1) is 55.2 Å². The number of anilines is 6. The lowest BCUT2D eigenvalue weighted by Gasteiger charge is -2.26. The van der Waals surface area contributed by atoms with Gasteiger partial charge in [-0.15, -0.1) is 0 Å². The largest absolute Gasteiger partial charge is 0.311 e. The second-order valence-electron chi connectivity index (χ2n) is 31.7. The second-order valence-corrected chi connectivity index (χ2v) is 31.7. The molecule has 10 heteroatoms. The molecule has 0 atom stereocenters. The molecule has 6 heterocycles. The lowest BCUT2D eigenvalue weighted by molar-refractivity contribution is 0.979. The van der Waals surface area contributed by atoms with Crippen LogP contribution in [0.15, 0.2) is 449 Å². The number of rotatable bonds is 13. The molecule has 25 aromatic rings. The maximum Gasteiger partial charge on any atom is 0.221 e. The van der Waals surface area contributed by atoms with Gasteiger partial charge in [0.2, 0.25) is 11.9 Å². The number of fused-ring (bicyclic) bond motifs is 20. The average Bonchev–Trinajstić information content (AvgIpc) is 1.55. The van der Waals surface area contributed by atoms with Crippen LogP contribution in [0.25, 0.3) is 188 Å². The highest BCUT2D eigenvalue weighted by atomic mass is 15.2. The molecule has 0 spiro atoms. The summed E-state index contributed by atoms with van der Waals surface area (Å²) in [6.45, 7) is 0. The molecule has 25 rings (SSSR count).